The van der Waals surface area contributed by atoms with Crippen LogP contribution in [0.25, 0.3) is 0 Å². The lowest BCUT2D eigenvalue weighted by Gasteiger charge is -2.26. The first-order valence-corrected chi connectivity index (χ1v) is 6.88. The van der Waals surface area contributed by atoms with E-state index in [0.29, 0.717) is 5.56 Å². The molecule has 0 saturated heterocycles. The molecule has 0 radical (unpaired) electrons. The van der Waals surface area contributed by atoms with Crippen LogP contribution < -0.4 is 4.90 Å². The van der Waals surface area contributed by atoms with Crippen molar-refractivity contribution in [2.24, 2.45) is 0 Å². The molecule has 0 spiro atoms. The first-order chi connectivity index (χ1) is 10.1. The van der Waals surface area contributed by atoms with Gasteiger partial charge >= 0.3 is 5.97 Å². The summed E-state index contributed by atoms with van der Waals surface area (Å²) in [6.07, 6.45) is 0. The zero-order valence-electron chi connectivity index (χ0n) is 12.4. The van der Waals surface area contributed by atoms with Crippen LogP contribution in [-0.2, 0) is 0 Å². The van der Waals surface area contributed by atoms with E-state index in [4.69, 9.17) is 5.11 Å². The molecule has 0 aliphatic heterocycles. The van der Waals surface area contributed by atoms with Crippen LogP contribution in [0.1, 0.15) is 10.4 Å². The molecule has 0 bridgehead atoms. The molecule has 0 heterocycles. The largest absolute Gasteiger partial charge is 0.478 e. The molecule has 0 aliphatic rings. The van der Waals surface area contributed by atoms with Crippen LogP contribution in [0.5, 0.6) is 0 Å². The second-order valence-electron chi connectivity index (χ2n) is 5.14. The van der Waals surface area contributed by atoms with E-state index in [1.807, 2.05) is 44.4 Å². The summed E-state index contributed by atoms with van der Waals surface area (Å²) in [6, 6.07) is 17.1. The van der Waals surface area contributed by atoms with Gasteiger partial charge in [-0.1, -0.05) is 18.2 Å². The summed E-state index contributed by atoms with van der Waals surface area (Å²) in [5.74, 6) is -0.902. The number of hydrogen-bond acceptors (Lipinski definition) is 3. The van der Waals surface area contributed by atoms with Crippen LogP contribution in [-0.4, -0.2) is 43.2 Å². The highest BCUT2D eigenvalue weighted by molar-refractivity contribution is 5.88. The van der Waals surface area contributed by atoms with Gasteiger partial charge in [0.1, 0.15) is 0 Å². The van der Waals surface area contributed by atoms with Gasteiger partial charge in [-0.25, -0.2) is 4.79 Å². The van der Waals surface area contributed by atoms with Crippen molar-refractivity contribution in [2.75, 3.05) is 32.1 Å². The number of nitrogens with zero attached hydrogens (tertiary/aromatic N) is 2. The van der Waals surface area contributed by atoms with Crippen LogP contribution >= 0.6 is 0 Å². The molecule has 4 heteroatoms. The zero-order chi connectivity index (χ0) is 15.2. The number of likely N-dealkylation sites (N-methyl/N-ethyl adjacent to an activating group) is 1. The van der Waals surface area contributed by atoms with E-state index in [0.717, 1.165) is 24.5 Å². The quantitative estimate of drug-likeness (QED) is 0.885. The molecule has 110 valence electrons. The summed E-state index contributed by atoms with van der Waals surface area (Å²) in [5, 5.41) is 8.99. The first kappa shape index (κ1) is 15.1. The van der Waals surface area contributed by atoms with Gasteiger partial charge in [-0.05, 0) is 50.5 Å². The van der Waals surface area contributed by atoms with Gasteiger partial charge in [-0.15, -0.1) is 0 Å². The summed E-state index contributed by atoms with van der Waals surface area (Å²) >= 11 is 0. The maximum atomic E-state index is 10.9. The molecule has 1 N–H and O–H groups in total. The number of rotatable bonds is 6. The minimum atomic E-state index is -0.902. The third-order valence-electron chi connectivity index (χ3n) is 3.26. The Kier molecular flexibility index (Phi) is 4.95. The van der Waals surface area contributed by atoms with Gasteiger partial charge in [0.25, 0.3) is 0 Å². The van der Waals surface area contributed by atoms with Crippen molar-refractivity contribution < 1.29 is 9.90 Å². The molecule has 0 saturated carbocycles. The van der Waals surface area contributed by atoms with Gasteiger partial charge in [0.05, 0.1) is 5.56 Å². The SMILES string of the molecule is CN(C)CCN(c1ccccc1)c1ccc(C(=O)O)cc1. The lowest BCUT2D eigenvalue weighted by molar-refractivity contribution is 0.0697. The summed E-state index contributed by atoms with van der Waals surface area (Å²) in [4.78, 5) is 15.3. The number of benzene rings is 2. The fraction of sp³-hybridized carbons (Fsp3) is 0.235. The molecule has 0 amide bonds. The smallest absolute Gasteiger partial charge is 0.335 e. The first-order valence-electron chi connectivity index (χ1n) is 6.88. The number of carboxylic acid groups (broad SMARTS) is 1. The van der Waals surface area contributed by atoms with Crippen molar-refractivity contribution in [3.63, 3.8) is 0 Å². The van der Waals surface area contributed by atoms with E-state index in [2.05, 4.69) is 21.9 Å². The average molecular weight is 284 g/mol. The Morgan fingerprint density at radius 2 is 1.48 bits per heavy atom. The van der Waals surface area contributed by atoms with Crippen LogP contribution in [0.2, 0.25) is 0 Å². The topological polar surface area (TPSA) is 43.8 Å². The van der Waals surface area contributed by atoms with Crippen molar-refractivity contribution in [3.8, 4) is 0 Å². The second kappa shape index (κ2) is 6.90. The van der Waals surface area contributed by atoms with Gasteiger partial charge in [0.15, 0.2) is 0 Å². The summed E-state index contributed by atoms with van der Waals surface area (Å²) in [5.41, 5.74) is 2.40. The third kappa shape index (κ3) is 4.07. The van der Waals surface area contributed by atoms with E-state index < -0.39 is 5.97 Å². The lowest BCUT2D eigenvalue weighted by atomic mass is 10.1. The Labute approximate surface area is 125 Å². The molecule has 2 aromatic rings. The van der Waals surface area contributed by atoms with Crippen molar-refractivity contribution in [3.05, 3.63) is 60.2 Å². The number of anilines is 2. The van der Waals surface area contributed by atoms with E-state index in [9.17, 15) is 4.79 Å². The fourth-order valence-corrected chi connectivity index (χ4v) is 2.10. The standard InChI is InChI=1S/C17H20N2O2/c1-18(2)12-13-19(15-6-4-3-5-7-15)16-10-8-14(9-11-16)17(20)21/h3-11H,12-13H2,1-2H3,(H,20,21). The molecule has 0 fully saturated rings. The molecular formula is C17H20N2O2. The predicted octanol–water partition coefficient (Wildman–Crippen LogP) is 3.08. The lowest BCUT2D eigenvalue weighted by Crippen LogP contribution is -2.28. The van der Waals surface area contributed by atoms with Gasteiger partial charge in [-0.3, -0.25) is 0 Å². The van der Waals surface area contributed by atoms with Crippen molar-refractivity contribution in [1.29, 1.82) is 0 Å². The molecule has 2 rings (SSSR count). The van der Waals surface area contributed by atoms with E-state index in [1.165, 1.54) is 0 Å². The molecule has 21 heavy (non-hydrogen) atoms. The maximum Gasteiger partial charge on any atom is 0.335 e. The fourth-order valence-electron chi connectivity index (χ4n) is 2.10. The Morgan fingerprint density at radius 1 is 0.905 bits per heavy atom. The minimum Gasteiger partial charge on any atom is -0.478 e. The van der Waals surface area contributed by atoms with Gasteiger partial charge in [0, 0.05) is 24.5 Å². The highest BCUT2D eigenvalue weighted by Crippen LogP contribution is 2.25. The molecule has 0 aliphatic carbocycles. The molecule has 4 nitrogen and oxygen atoms in total. The minimum absolute atomic E-state index is 0.305. The van der Waals surface area contributed by atoms with E-state index >= 15 is 0 Å². The monoisotopic (exact) mass is 284 g/mol. The van der Waals surface area contributed by atoms with Crippen LogP contribution in [0.4, 0.5) is 11.4 Å². The van der Waals surface area contributed by atoms with Crippen molar-refractivity contribution in [1.82, 2.24) is 4.90 Å². The summed E-state index contributed by atoms with van der Waals surface area (Å²) in [6.45, 7) is 1.75. The Bertz CT molecular complexity index is 579. The number of hydrogen-bond donors (Lipinski definition) is 1. The highest BCUT2D eigenvalue weighted by atomic mass is 16.4. The third-order valence-corrected chi connectivity index (χ3v) is 3.26. The number of aromatic carboxylic acids is 1. The second-order valence-corrected chi connectivity index (χ2v) is 5.14. The van der Waals surface area contributed by atoms with Crippen molar-refractivity contribution in [2.45, 2.75) is 0 Å². The van der Waals surface area contributed by atoms with Crippen molar-refractivity contribution >= 4 is 17.3 Å². The molecular weight excluding hydrogens is 264 g/mol. The maximum absolute atomic E-state index is 10.9. The summed E-state index contributed by atoms with van der Waals surface area (Å²) < 4.78 is 0. The van der Waals surface area contributed by atoms with Crippen LogP contribution in [0.3, 0.4) is 0 Å². The zero-order valence-corrected chi connectivity index (χ0v) is 12.4. The predicted molar refractivity (Wildman–Crippen MR) is 85.4 cm³/mol. The average Bonchev–Trinajstić information content (AvgIpc) is 2.49. The Hall–Kier alpha value is -2.33. The Morgan fingerprint density at radius 3 is 2.00 bits per heavy atom. The Balaban J connectivity index is 2.28. The van der Waals surface area contributed by atoms with Gasteiger partial charge in [-0.2, -0.15) is 0 Å². The summed E-state index contributed by atoms with van der Waals surface area (Å²) in [7, 11) is 4.08. The highest BCUT2D eigenvalue weighted by Gasteiger charge is 2.10. The number of carboxylic acids is 1. The van der Waals surface area contributed by atoms with Gasteiger partial charge in [0.2, 0.25) is 0 Å². The normalized spacial score (nSPS) is 10.6. The van der Waals surface area contributed by atoms with E-state index in [-0.39, 0.29) is 0 Å². The van der Waals surface area contributed by atoms with Gasteiger partial charge < -0.3 is 14.9 Å². The molecule has 0 aromatic heterocycles. The molecule has 0 unspecified atom stereocenters. The molecule has 0 atom stereocenters. The molecule has 2 aromatic carbocycles. The number of carbonyl (C=O) groups is 1. The number of para-hydroxylation sites is 1. The van der Waals surface area contributed by atoms with Crippen LogP contribution in [0.15, 0.2) is 54.6 Å². The van der Waals surface area contributed by atoms with E-state index in [1.54, 1.807) is 12.1 Å². The van der Waals surface area contributed by atoms with Crippen LogP contribution in [0, 0.1) is 0 Å².